The predicted octanol–water partition coefficient (Wildman–Crippen LogP) is 3.02. The summed E-state index contributed by atoms with van der Waals surface area (Å²) >= 11 is 0. The third-order valence-corrected chi connectivity index (χ3v) is 3.06. The molecule has 0 saturated carbocycles. The van der Waals surface area contributed by atoms with E-state index >= 15 is 0 Å². The number of rotatable bonds is 8. The van der Waals surface area contributed by atoms with E-state index in [0.717, 1.165) is 12.8 Å². The molecule has 4 nitrogen and oxygen atoms in total. The fraction of sp³-hybridized carbons (Fsp3) is 0.500. The van der Waals surface area contributed by atoms with Gasteiger partial charge in [0.25, 0.3) is 5.91 Å². The maximum atomic E-state index is 13.7. The molecule has 0 N–H and O–H groups in total. The Hall–Kier alpha value is -1.91. The summed E-state index contributed by atoms with van der Waals surface area (Å²) in [5, 5.41) is 0. The van der Waals surface area contributed by atoms with Crippen LogP contribution >= 0.6 is 0 Å². The molecule has 0 bridgehead atoms. The lowest BCUT2D eigenvalue weighted by Crippen LogP contribution is -2.34. The Morgan fingerprint density at radius 1 is 1.19 bits per heavy atom. The average molecular weight is 295 g/mol. The van der Waals surface area contributed by atoms with Crippen molar-refractivity contribution in [1.82, 2.24) is 4.90 Å². The zero-order valence-corrected chi connectivity index (χ0v) is 12.6. The molecular formula is C16H22FNO3. The Balaban J connectivity index is 2.74. The number of hydrogen-bond donors (Lipinski definition) is 0. The second-order valence-electron chi connectivity index (χ2n) is 4.68. The van der Waals surface area contributed by atoms with Gasteiger partial charge in [-0.25, -0.2) is 4.39 Å². The second-order valence-corrected chi connectivity index (χ2v) is 4.68. The van der Waals surface area contributed by atoms with Crippen LogP contribution in [-0.4, -0.2) is 36.5 Å². The van der Waals surface area contributed by atoms with E-state index in [0.29, 0.717) is 13.2 Å². The van der Waals surface area contributed by atoms with Crippen molar-refractivity contribution in [2.75, 3.05) is 19.7 Å². The molecule has 1 amide bonds. The first-order valence-electron chi connectivity index (χ1n) is 7.29. The van der Waals surface area contributed by atoms with Crippen molar-refractivity contribution in [2.45, 2.75) is 33.1 Å². The number of esters is 1. The van der Waals surface area contributed by atoms with Gasteiger partial charge in [0.1, 0.15) is 5.82 Å². The maximum Gasteiger partial charge on any atom is 0.307 e. The summed E-state index contributed by atoms with van der Waals surface area (Å²) in [5.74, 6) is -1.27. The normalized spacial score (nSPS) is 10.2. The molecule has 0 saturated heterocycles. The Morgan fingerprint density at radius 3 is 2.52 bits per heavy atom. The SMILES string of the molecule is CCCCN(CCC(=O)OCC)C(=O)c1ccccc1F. The van der Waals surface area contributed by atoms with E-state index in [2.05, 4.69) is 0 Å². The fourth-order valence-electron chi connectivity index (χ4n) is 1.93. The van der Waals surface area contributed by atoms with E-state index in [1.54, 1.807) is 19.1 Å². The van der Waals surface area contributed by atoms with Crippen molar-refractivity contribution >= 4 is 11.9 Å². The van der Waals surface area contributed by atoms with Crippen LogP contribution in [0.15, 0.2) is 24.3 Å². The van der Waals surface area contributed by atoms with Crippen LogP contribution in [-0.2, 0) is 9.53 Å². The van der Waals surface area contributed by atoms with Crippen LogP contribution in [0.2, 0.25) is 0 Å². The highest BCUT2D eigenvalue weighted by Crippen LogP contribution is 2.11. The molecule has 5 heteroatoms. The van der Waals surface area contributed by atoms with Gasteiger partial charge in [-0.1, -0.05) is 25.5 Å². The maximum absolute atomic E-state index is 13.7. The fourth-order valence-corrected chi connectivity index (χ4v) is 1.93. The summed E-state index contributed by atoms with van der Waals surface area (Å²) in [7, 11) is 0. The van der Waals surface area contributed by atoms with E-state index in [4.69, 9.17) is 4.74 Å². The van der Waals surface area contributed by atoms with Gasteiger partial charge in [-0.05, 0) is 25.5 Å². The molecule has 21 heavy (non-hydrogen) atoms. The van der Waals surface area contributed by atoms with Gasteiger partial charge >= 0.3 is 5.97 Å². The van der Waals surface area contributed by atoms with Crippen molar-refractivity contribution in [3.8, 4) is 0 Å². The largest absolute Gasteiger partial charge is 0.466 e. The van der Waals surface area contributed by atoms with Crippen LogP contribution in [0.25, 0.3) is 0 Å². The lowest BCUT2D eigenvalue weighted by atomic mass is 10.1. The molecule has 1 rings (SSSR count). The van der Waals surface area contributed by atoms with Crippen molar-refractivity contribution in [3.05, 3.63) is 35.6 Å². The third kappa shape index (κ3) is 5.53. The minimum absolute atomic E-state index is 0.0393. The number of unbranched alkanes of at least 4 members (excludes halogenated alkanes) is 1. The Kier molecular flexibility index (Phi) is 7.43. The summed E-state index contributed by atoms with van der Waals surface area (Å²) in [5.41, 5.74) is 0.0393. The summed E-state index contributed by atoms with van der Waals surface area (Å²) in [6.45, 7) is 4.80. The average Bonchev–Trinajstić information content (AvgIpc) is 2.47. The second kappa shape index (κ2) is 9.10. The number of carbonyl (C=O) groups is 2. The summed E-state index contributed by atoms with van der Waals surface area (Å²) < 4.78 is 18.6. The highest BCUT2D eigenvalue weighted by Gasteiger charge is 2.19. The first-order chi connectivity index (χ1) is 10.1. The number of nitrogens with zero attached hydrogens (tertiary/aromatic N) is 1. The molecule has 0 aliphatic rings. The van der Waals surface area contributed by atoms with Crippen LogP contribution in [0.5, 0.6) is 0 Å². The van der Waals surface area contributed by atoms with Gasteiger partial charge in [0.2, 0.25) is 0 Å². The minimum Gasteiger partial charge on any atom is -0.466 e. The molecule has 0 aromatic heterocycles. The molecule has 0 unspecified atom stereocenters. The zero-order chi connectivity index (χ0) is 15.7. The number of amides is 1. The summed E-state index contributed by atoms with van der Waals surface area (Å²) in [6.07, 6.45) is 1.85. The van der Waals surface area contributed by atoms with Crippen LogP contribution in [0.3, 0.4) is 0 Å². The van der Waals surface area contributed by atoms with Crippen LogP contribution < -0.4 is 0 Å². The molecule has 1 aromatic carbocycles. The van der Waals surface area contributed by atoms with E-state index < -0.39 is 5.82 Å². The molecule has 0 aliphatic carbocycles. The molecule has 0 aliphatic heterocycles. The van der Waals surface area contributed by atoms with Crippen LogP contribution in [0.1, 0.15) is 43.5 Å². The smallest absolute Gasteiger partial charge is 0.307 e. The summed E-state index contributed by atoms with van der Waals surface area (Å²) in [6, 6.07) is 5.89. The van der Waals surface area contributed by atoms with Crippen molar-refractivity contribution in [1.29, 1.82) is 0 Å². The Labute approximate surface area is 124 Å². The summed E-state index contributed by atoms with van der Waals surface area (Å²) in [4.78, 5) is 25.3. The standard InChI is InChI=1S/C16H22FNO3/c1-3-5-11-18(12-10-15(19)21-4-2)16(20)13-8-6-7-9-14(13)17/h6-9H,3-5,10-12H2,1-2H3. The van der Waals surface area contributed by atoms with Gasteiger partial charge in [0.05, 0.1) is 18.6 Å². The quantitative estimate of drug-likeness (QED) is 0.693. The number of benzene rings is 1. The molecule has 0 atom stereocenters. The molecule has 1 aromatic rings. The van der Waals surface area contributed by atoms with Gasteiger partial charge in [-0.15, -0.1) is 0 Å². The van der Waals surface area contributed by atoms with Crippen LogP contribution in [0, 0.1) is 5.82 Å². The number of hydrogen-bond acceptors (Lipinski definition) is 3. The van der Waals surface area contributed by atoms with Gasteiger partial charge in [-0.3, -0.25) is 9.59 Å². The Morgan fingerprint density at radius 2 is 1.90 bits per heavy atom. The third-order valence-electron chi connectivity index (χ3n) is 3.06. The molecule has 0 heterocycles. The first kappa shape index (κ1) is 17.1. The van der Waals surface area contributed by atoms with Crippen molar-refractivity contribution in [3.63, 3.8) is 0 Å². The van der Waals surface area contributed by atoms with E-state index in [9.17, 15) is 14.0 Å². The van der Waals surface area contributed by atoms with E-state index in [-0.39, 0.29) is 30.4 Å². The highest BCUT2D eigenvalue weighted by molar-refractivity contribution is 5.94. The predicted molar refractivity (Wildman–Crippen MR) is 78.5 cm³/mol. The molecule has 0 radical (unpaired) electrons. The molecule has 0 spiro atoms. The van der Waals surface area contributed by atoms with Gasteiger partial charge in [0.15, 0.2) is 0 Å². The van der Waals surface area contributed by atoms with Crippen LogP contribution in [0.4, 0.5) is 4.39 Å². The van der Waals surface area contributed by atoms with Crippen molar-refractivity contribution in [2.24, 2.45) is 0 Å². The molecule has 0 fully saturated rings. The Bertz CT molecular complexity index is 476. The first-order valence-corrected chi connectivity index (χ1v) is 7.29. The van der Waals surface area contributed by atoms with Gasteiger partial charge in [-0.2, -0.15) is 0 Å². The topological polar surface area (TPSA) is 46.6 Å². The number of halogens is 1. The van der Waals surface area contributed by atoms with Crippen molar-refractivity contribution < 1.29 is 18.7 Å². The molecule has 116 valence electrons. The van der Waals surface area contributed by atoms with Gasteiger partial charge < -0.3 is 9.64 Å². The number of carbonyl (C=O) groups excluding carboxylic acids is 2. The van der Waals surface area contributed by atoms with Gasteiger partial charge in [0, 0.05) is 13.1 Å². The van der Waals surface area contributed by atoms with E-state index in [1.807, 2.05) is 6.92 Å². The minimum atomic E-state index is -0.542. The zero-order valence-electron chi connectivity index (χ0n) is 12.6. The van der Waals surface area contributed by atoms with E-state index in [1.165, 1.54) is 17.0 Å². The number of ether oxygens (including phenoxy) is 1. The molecular weight excluding hydrogens is 273 g/mol. The lowest BCUT2D eigenvalue weighted by Gasteiger charge is -2.22. The highest BCUT2D eigenvalue weighted by atomic mass is 19.1. The monoisotopic (exact) mass is 295 g/mol. The lowest BCUT2D eigenvalue weighted by molar-refractivity contribution is -0.143.